The van der Waals surface area contributed by atoms with Gasteiger partial charge in [-0.1, -0.05) is 54.6 Å². The number of nitrogens with zero attached hydrogens (tertiary/aromatic N) is 2. The Morgan fingerprint density at radius 3 is 2.17 bits per heavy atom. The van der Waals surface area contributed by atoms with E-state index in [0.29, 0.717) is 0 Å². The van der Waals surface area contributed by atoms with Crippen molar-refractivity contribution in [3.63, 3.8) is 0 Å². The second-order valence-electron chi connectivity index (χ2n) is 11.4. The fourth-order valence-electron chi connectivity index (χ4n) is 8.41. The molecule has 1 spiro atoms. The first-order valence-electron chi connectivity index (χ1n) is 13.1. The molecule has 0 radical (unpaired) electrons. The fraction of sp³-hybridized carbons (Fsp3) is 0.333. The number of alkyl halides is 3. The van der Waals surface area contributed by atoms with Crippen molar-refractivity contribution < 1.29 is 37.7 Å². The number of ether oxygens (including phenoxy) is 1. The minimum absolute atomic E-state index is 0.00604. The number of carbonyl (C=O) groups excluding carboxylic acids is 2. The predicted octanol–water partition coefficient (Wildman–Crippen LogP) is 3.91. The van der Waals surface area contributed by atoms with Gasteiger partial charge in [-0.05, 0) is 25.1 Å². The molecule has 3 aromatic carbocycles. The van der Waals surface area contributed by atoms with Crippen LogP contribution in [0, 0.1) is 5.92 Å². The van der Waals surface area contributed by atoms with Gasteiger partial charge in [0.25, 0.3) is 5.91 Å². The zero-order valence-corrected chi connectivity index (χ0v) is 21.1. The molecule has 1 unspecified atom stereocenters. The predicted molar refractivity (Wildman–Crippen MR) is 135 cm³/mol. The molecule has 8 rings (SSSR count). The Bertz CT molecular complexity index is 1670. The minimum atomic E-state index is -4.83. The standard InChI is InChI=1S/C30H23F3N2O5/c1-26(38)18-10-4-6-12-20(18)34-24-23-27(40-29(24,26)16-8-2-3-9-17(16)30(31,32)33)15-14-22(36)35(27)21-13-7-5-11-19(21)28(23,39)25(34)37/h2-13,23-24,38-39H,14-15H2,1H3/t23-,24+,26?,27-,28-,29+/m0/s1. The molecule has 3 aromatic rings. The largest absolute Gasteiger partial charge is 0.416 e. The van der Waals surface area contributed by atoms with Gasteiger partial charge in [0.05, 0.1) is 28.9 Å². The third-order valence-electron chi connectivity index (χ3n) is 9.75. The molecule has 3 saturated heterocycles. The minimum Gasteiger partial charge on any atom is -0.382 e. The van der Waals surface area contributed by atoms with E-state index in [2.05, 4.69) is 0 Å². The second kappa shape index (κ2) is 6.94. The molecule has 0 aliphatic carbocycles. The van der Waals surface area contributed by atoms with Gasteiger partial charge in [-0.15, -0.1) is 0 Å². The van der Waals surface area contributed by atoms with E-state index in [1.54, 1.807) is 48.5 Å². The number of aliphatic hydroxyl groups is 2. The topological polar surface area (TPSA) is 90.3 Å². The Morgan fingerprint density at radius 2 is 1.48 bits per heavy atom. The highest BCUT2D eigenvalue weighted by molar-refractivity contribution is 6.10. The summed E-state index contributed by atoms with van der Waals surface area (Å²) in [6.45, 7) is 1.39. The van der Waals surface area contributed by atoms with Gasteiger partial charge in [-0.25, -0.2) is 0 Å². The fourth-order valence-corrected chi connectivity index (χ4v) is 8.41. The van der Waals surface area contributed by atoms with Gasteiger partial charge in [0.1, 0.15) is 5.60 Å². The Balaban J connectivity index is 1.56. The number of halogens is 3. The molecular formula is C30H23F3N2O5. The van der Waals surface area contributed by atoms with E-state index in [9.17, 15) is 33.0 Å². The van der Waals surface area contributed by atoms with Crippen molar-refractivity contribution in [2.75, 3.05) is 9.80 Å². The summed E-state index contributed by atoms with van der Waals surface area (Å²) >= 11 is 0. The Hall–Kier alpha value is -3.73. The summed E-state index contributed by atoms with van der Waals surface area (Å²) in [5, 5.41) is 25.1. The number of para-hydroxylation sites is 2. The van der Waals surface area contributed by atoms with E-state index < -0.39 is 52.1 Å². The lowest BCUT2D eigenvalue weighted by molar-refractivity contribution is -0.226. The van der Waals surface area contributed by atoms with Crippen molar-refractivity contribution in [2.24, 2.45) is 5.92 Å². The molecule has 2 N–H and O–H groups in total. The molecule has 40 heavy (non-hydrogen) atoms. The zero-order chi connectivity index (χ0) is 28.0. The number of amides is 2. The summed E-state index contributed by atoms with van der Waals surface area (Å²) in [5.74, 6) is -2.26. The first kappa shape index (κ1) is 24.1. The zero-order valence-electron chi connectivity index (χ0n) is 21.1. The maximum atomic E-state index is 14.6. The Kier molecular flexibility index (Phi) is 4.18. The molecule has 6 atom stereocenters. The molecule has 0 aromatic heterocycles. The van der Waals surface area contributed by atoms with Crippen molar-refractivity contribution >= 4 is 23.2 Å². The van der Waals surface area contributed by atoms with E-state index >= 15 is 0 Å². The summed E-state index contributed by atoms with van der Waals surface area (Å²) < 4.78 is 50.8. The molecule has 7 nitrogen and oxygen atoms in total. The van der Waals surface area contributed by atoms with Crippen molar-refractivity contribution in [1.29, 1.82) is 0 Å². The van der Waals surface area contributed by atoms with E-state index in [1.165, 1.54) is 34.9 Å². The highest BCUT2D eigenvalue weighted by Crippen LogP contribution is 2.74. The van der Waals surface area contributed by atoms with Gasteiger partial charge in [-0.3, -0.25) is 14.5 Å². The summed E-state index contributed by atoms with van der Waals surface area (Å²) in [7, 11) is 0. The van der Waals surface area contributed by atoms with Gasteiger partial charge in [0, 0.05) is 29.5 Å². The van der Waals surface area contributed by atoms with Gasteiger partial charge in [-0.2, -0.15) is 13.2 Å². The molecule has 10 heteroatoms. The molecule has 2 amide bonds. The van der Waals surface area contributed by atoms with Crippen LogP contribution in [0.3, 0.4) is 0 Å². The molecule has 0 bridgehead atoms. The average molecular weight is 549 g/mol. The summed E-state index contributed by atoms with van der Waals surface area (Å²) in [5.41, 5.74) is -8.72. The SMILES string of the molecule is CC1(O)c2ccccc2N2C(=O)[C@]3(O)c4ccccc4N4C(=O)CC[C@@]45O[C@]1(c1ccccc1C(F)(F)F)[C@H]2[C@@H]53. The lowest BCUT2D eigenvalue weighted by Crippen LogP contribution is -2.64. The molecule has 0 saturated carbocycles. The smallest absolute Gasteiger partial charge is 0.382 e. The van der Waals surface area contributed by atoms with E-state index in [4.69, 9.17) is 4.74 Å². The van der Waals surface area contributed by atoms with Crippen molar-refractivity contribution in [3.8, 4) is 0 Å². The molecule has 3 fully saturated rings. The van der Waals surface area contributed by atoms with Crippen LogP contribution in [0.2, 0.25) is 0 Å². The number of benzene rings is 3. The van der Waals surface area contributed by atoms with Gasteiger partial charge in [0.2, 0.25) is 5.91 Å². The maximum Gasteiger partial charge on any atom is 0.416 e. The normalized spacial score (nSPS) is 36.9. The maximum absolute atomic E-state index is 14.6. The number of fused-ring (bicyclic) bond motifs is 5. The quantitative estimate of drug-likeness (QED) is 0.482. The van der Waals surface area contributed by atoms with Crippen LogP contribution in [0.5, 0.6) is 0 Å². The molecule has 5 aliphatic heterocycles. The van der Waals surface area contributed by atoms with Gasteiger partial charge < -0.3 is 19.8 Å². The van der Waals surface area contributed by atoms with Crippen molar-refractivity contribution in [2.45, 2.75) is 54.5 Å². The van der Waals surface area contributed by atoms with Crippen LogP contribution in [-0.4, -0.2) is 33.8 Å². The number of hydrogen-bond acceptors (Lipinski definition) is 5. The second-order valence-corrected chi connectivity index (χ2v) is 11.4. The van der Waals surface area contributed by atoms with Gasteiger partial charge >= 0.3 is 6.18 Å². The van der Waals surface area contributed by atoms with Crippen molar-refractivity contribution in [3.05, 3.63) is 95.1 Å². The lowest BCUT2D eigenvalue weighted by atomic mass is 9.62. The van der Waals surface area contributed by atoms with E-state index in [1.807, 2.05) is 0 Å². The molecular weight excluding hydrogens is 525 g/mol. The number of anilines is 2. The Morgan fingerprint density at radius 1 is 0.875 bits per heavy atom. The van der Waals surface area contributed by atoms with Gasteiger partial charge in [0.15, 0.2) is 16.9 Å². The Labute approximate surface area is 226 Å². The van der Waals surface area contributed by atoms with Crippen LogP contribution in [-0.2, 0) is 37.3 Å². The first-order valence-corrected chi connectivity index (χ1v) is 13.1. The molecule has 204 valence electrons. The molecule has 5 aliphatic rings. The summed E-state index contributed by atoms with van der Waals surface area (Å²) in [6.07, 6.45) is -4.81. The monoisotopic (exact) mass is 548 g/mol. The van der Waals surface area contributed by atoms with Crippen LogP contribution in [0.1, 0.15) is 42.0 Å². The number of carbonyl (C=O) groups is 2. The van der Waals surface area contributed by atoms with E-state index in [0.717, 1.165) is 6.07 Å². The third-order valence-corrected chi connectivity index (χ3v) is 9.75. The van der Waals surface area contributed by atoms with Crippen LogP contribution >= 0.6 is 0 Å². The highest BCUT2D eigenvalue weighted by Gasteiger charge is 2.86. The highest BCUT2D eigenvalue weighted by atomic mass is 19.4. The average Bonchev–Trinajstić information content (AvgIpc) is 3.52. The van der Waals surface area contributed by atoms with Crippen molar-refractivity contribution in [1.82, 2.24) is 0 Å². The lowest BCUT2D eigenvalue weighted by Gasteiger charge is -2.54. The summed E-state index contributed by atoms with van der Waals surface area (Å²) in [4.78, 5) is 30.7. The summed E-state index contributed by atoms with van der Waals surface area (Å²) in [6, 6.07) is 16.5. The number of rotatable bonds is 1. The molecule has 5 heterocycles. The third kappa shape index (κ3) is 2.31. The van der Waals surface area contributed by atoms with E-state index in [-0.39, 0.29) is 46.8 Å². The number of hydrogen-bond donors (Lipinski definition) is 2. The van der Waals surface area contributed by atoms with Crippen LogP contribution in [0.4, 0.5) is 24.5 Å². The van der Waals surface area contributed by atoms with Crippen LogP contribution < -0.4 is 9.80 Å². The first-order chi connectivity index (χ1) is 18.9. The van der Waals surface area contributed by atoms with Crippen LogP contribution in [0.25, 0.3) is 0 Å². The van der Waals surface area contributed by atoms with Crippen LogP contribution in [0.15, 0.2) is 72.8 Å².